The van der Waals surface area contributed by atoms with Gasteiger partial charge >= 0.3 is 0 Å². The molecule has 3 aromatic rings. The maximum Gasteiger partial charge on any atom is 0.262 e. The van der Waals surface area contributed by atoms with Gasteiger partial charge in [0.2, 0.25) is 0 Å². The third-order valence-electron chi connectivity index (χ3n) is 3.53. The zero-order valence-corrected chi connectivity index (χ0v) is 16.5. The van der Waals surface area contributed by atoms with Crippen LogP contribution in [0.3, 0.4) is 0 Å². The zero-order valence-electron chi connectivity index (χ0n) is 13.4. The first-order valence-electron chi connectivity index (χ1n) is 7.48. The number of rotatable bonds is 4. The molecular weight excluding hydrogens is 418 g/mol. The number of carbonyl (C=O) groups is 1. The Hall–Kier alpha value is -1.72. The molecule has 3 rings (SSSR count). The van der Waals surface area contributed by atoms with Crippen molar-refractivity contribution in [2.75, 3.05) is 11.9 Å². The first kappa shape index (κ1) is 19.1. The molecule has 0 aliphatic heterocycles. The molecule has 0 bridgehead atoms. The highest BCUT2D eigenvalue weighted by Gasteiger charge is 2.15. The predicted octanol–water partition coefficient (Wildman–Crippen LogP) is 6.17. The lowest BCUT2D eigenvalue weighted by Gasteiger charge is -2.12. The summed E-state index contributed by atoms with van der Waals surface area (Å²) in [6, 6.07) is 10.0. The molecule has 0 aliphatic carbocycles. The number of hydrogen-bond acceptors (Lipinski definition) is 3. The van der Waals surface area contributed by atoms with Crippen LogP contribution < -0.4 is 10.1 Å². The Bertz CT molecular complexity index is 1010. The van der Waals surface area contributed by atoms with Crippen molar-refractivity contribution < 1.29 is 9.53 Å². The Morgan fingerprint density at radius 1 is 1.00 bits per heavy atom. The molecule has 0 aliphatic rings. The molecule has 134 valence electrons. The molecule has 0 radical (unpaired) electrons. The third-order valence-corrected chi connectivity index (χ3v) is 4.86. The predicted molar refractivity (Wildman–Crippen MR) is 107 cm³/mol. The number of carbonyl (C=O) groups excluding carboxylic acids is 1. The smallest absolute Gasteiger partial charge is 0.262 e. The minimum absolute atomic E-state index is 0.258. The average Bonchev–Trinajstić information content (AvgIpc) is 2.57. The molecule has 0 unspecified atom stereocenters. The Morgan fingerprint density at radius 2 is 1.77 bits per heavy atom. The van der Waals surface area contributed by atoms with E-state index in [1.54, 1.807) is 24.3 Å². The van der Waals surface area contributed by atoms with Crippen LogP contribution >= 0.6 is 46.4 Å². The van der Waals surface area contributed by atoms with E-state index in [1.165, 1.54) is 0 Å². The van der Waals surface area contributed by atoms with Gasteiger partial charge < -0.3 is 10.1 Å². The van der Waals surface area contributed by atoms with Gasteiger partial charge in [-0.2, -0.15) is 0 Å². The molecule has 1 N–H and O–H groups in total. The summed E-state index contributed by atoms with van der Waals surface area (Å²) in [5, 5.41) is 4.86. The quantitative estimate of drug-likeness (QED) is 0.539. The molecule has 0 fully saturated rings. The molecule has 0 atom stereocenters. The maximum absolute atomic E-state index is 12.2. The van der Waals surface area contributed by atoms with Gasteiger partial charge in [0, 0.05) is 16.8 Å². The van der Waals surface area contributed by atoms with Crippen LogP contribution in [0.2, 0.25) is 20.1 Å². The van der Waals surface area contributed by atoms with Crippen LogP contribution in [0, 0.1) is 6.92 Å². The number of amides is 1. The molecule has 1 amide bonds. The minimum Gasteiger partial charge on any atom is -0.480 e. The fourth-order valence-corrected chi connectivity index (χ4v) is 3.20. The van der Waals surface area contributed by atoms with E-state index in [2.05, 4.69) is 10.3 Å². The number of nitrogens with zero attached hydrogens (tertiary/aromatic N) is 1. The third kappa shape index (κ3) is 4.15. The maximum atomic E-state index is 12.2. The molecule has 1 heterocycles. The van der Waals surface area contributed by atoms with Crippen LogP contribution in [-0.2, 0) is 4.79 Å². The standard InChI is InChI=1S/C18H12Cl4N2O2/c1-9-2-4-11-13(20)7-15(22)18(17(11)23-9)26-8-16(25)24-10-3-5-12(19)14(21)6-10/h2-7H,8H2,1H3,(H,24,25). The van der Waals surface area contributed by atoms with E-state index in [-0.39, 0.29) is 17.5 Å². The van der Waals surface area contributed by atoms with Crippen LogP contribution in [0.1, 0.15) is 5.69 Å². The van der Waals surface area contributed by atoms with Crippen molar-refractivity contribution in [3.05, 3.63) is 62.2 Å². The summed E-state index contributed by atoms with van der Waals surface area (Å²) in [6.07, 6.45) is 0. The molecule has 2 aromatic carbocycles. The van der Waals surface area contributed by atoms with Crippen LogP contribution in [0.5, 0.6) is 5.75 Å². The highest BCUT2D eigenvalue weighted by atomic mass is 35.5. The van der Waals surface area contributed by atoms with Gasteiger partial charge in [0.25, 0.3) is 5.91 Å². The largest absolute Gasteiger partial charge is 0.480 e. The number of pyridine rings is 1. The lowest BCUT2D eigenvalue weighted by molar-refractivity contribution is -0.118. The normalized spacial score (nSPS) is 10.8. The molecule has 0 spiro atoms. The van der Waals surface area contributed by atoms with E-state index >= 15 is 0 Å². The number of aromatic nitrogens is 1. The number of ether oxygens (including phenoxy) is 1. The SMILES string of the molecule is Cc1ccc2c(Cl)cc(Cl)c(OCC(=O)Nc3ccc(Cl)c(Cl)c3)c2n1. The van der Waals surface area contributed by atoms with E-state index in [9.17, 15) is 4.79 Å². The van der Waals surface area contributed by atoms with E-state index in [0.717, 1.165) is 5.69 Å². The van der Waals surface area contributed by atoms with Crippen molar-refractivity contribution in [2.45, 2.75) is 6.92 Å². The zero-order chi connectivity index (χ0) is 18.8. The first-order valence-corrected chi connectivity index (χ1v) is 8.99. The van der Waals surface area contributed by atoms with Crippen molar-refractivity contribution >= 4 is 68.9 Å². The molecule has 4 nitrogen and oxygen atoms in total. The van der Waals surface area contributed by atoms with E-state index < -0.39 is 0 Å². The molecule has 0 saturated carbocycles. The summed E-state index contributed by atoms with van der Waals surface area (Å²) in [7, 11) is 0. The molecule has 1 aromatic heterocycles. The first-order chi connectivity index (χ1) is 12.3. The lowest BCUT2D eigenvalue weighted by Crippen LogP contribution is -2.20. The monoisotopic (exact) mass is 428 g/mol. The van der Waals surface area contributed by atoms with Gasteiger partial charge in [-0.3, -0.25) is 4.79 Å². The van der Waals surface area contributed by atoms with E-state index in [0.29, 0.717) is 37.4 Å². The highest BCUT2D eigenvalue weighted by molar-refractivity contribution is 6.42. The molecular formula is C18H12Cl4N2O2. The summed E-state index contributed by atoms with van der Waals surface area (Å²) >= 11 is 24.2. The summed E-state index contributed by atoms with van der Waals surface area (Å²) in [5.41, 5.74) is 1.79. The van der Waals surface area contributed by atoms with Crippen LogP contribution in [0.15, 0.2) is 36.4 Å². The van der Waals surface area contributed by atoms with Gasteiger partial charge in [0.05, 0.1) is 20.1 Å². The fourth-order valence-electron chi connectivity index (χ4n) is 2.34. The summed E-state index contributed by atoms with van der Waals surface area (Å²) in [5.74, 6) is -0.0748. The van der Waals surface area contributed by atoms with Gasteiger partial charge in [-0.25, -0.2) is 4.98 Å². The number of halogens is 4. The summed E-state index contributed by atoms with van der Waals surface area (Å²) in [4.78, 5) is 16.6. The second-order valence-corrected chi connectivity index (χ2v) is 7.11. The molecule has 8 heteroatoms. The fraction of sp³-hybridized carbons (Fsp3) is 0.111. The van der Waals surface area contributed by atoms with E-state index in [1.807, 2.05) is 19.1 Å². The second kappa shape index (κ2) is 7.89. The number of hydrogen-bond donors (Lipinski definition) is 1. The summed E-state index contributed by atoms with van der Waals surface area (Å²) in [6.45, 7) is 1.58. The van der Waals surface area contributed by atoms with Gasteiger partial charge in [0.1, 0.15) is 5.52 Å². The second-order valence-electron chi connectivity index (χ2n) is 5.48. The number of benzene rings is 2. The number of nitrogens with one attached hydrogen (secondary N) is 1. The van der Waals surface area contributed by atoms with Crippen LogP contribution in [-0.4, -0.2) is 17.5 Å². The van der Waals surface area contributed by atoms with Crippen molar-refractivity contribution in [3.8, 4) is 5.75 Å². The Labute approximate surface area is 170 Å². The van der Waals surface area contributed by atoms with Gasteiger partial charge in [-0.15, -0.1) is 0 Å². The van der Waals surface area contributed by atoms with Gasteiger partial charge in [-0.1, -0.05) is 46.4 Å². The van der Waals surface area contributed by atoms with Crippen LogP contribution in [0.4, 0.5) is 5.69 Å². The lowest BCUT2D eigenvalue weighted by atomic mass is 10.2. The van der Waals surface area contributed by atoms with Crippen LogP contribution in [0.25, 0.3) is 10.9 Å². The van der Waals surface area contributed by atoms with Gasteiger partial charge in [0.15, 0.2) is 12.4 Å². The topological polar surface area (TPSA) is 51.2 Å². The van der Waals surface area contributed by atoms with Crippen molar-refractivity contribution in [1.29, 1.82) is 0 Å². The Morgan fingerprint density at radius 3 is 2.50 bits per heavy atom. The van der Waals surface area contributed by atoms with Crippen molar-refractivity contribution in [2.24, 2.45) is 0 Å². The molecule has 26 heavy (non-hydrogen) atoms. The van der Waals surface area contributed by atoms with Crippen molar-refractivity contribution in [3.63, 3.8) is 0 Å². The number of anilines is 1. The van der Waals surface area contributed by atoms with Crippen molar-refractivity contribution in [1.82, 2.24) is 4.98 Å². The highest BCUT2D eigenvalue weighted by Crippen LogP contribution is 2.37. The number of aryl methyl sites for hydroxylation is 1. The van der Waals surface area contributed by atoms with E-state index in [4.69, 9.17) is 51.1 Å². The summed E-state index contributed by atoms with van der Waals surface area (Å²) < 4.78 is 5.62. The number of fused-ring (bicyclic) bond motifs is 1. The molecule has 0 saturated heterocycles. The Kier molecular flexibility index (Phi) is 5.78. The average molecular weight is 430 g/mol. The van der Waals surface area contributed by atoms with Gasteiger partial charge in [-0.05, 0) is 43.3 Å². The minimum atomic E-state index is -0.379. The Balaban J connectivity index is 1.80.